The molecule has 0 bridgehead atoms. The monoisotopic (exact) mass is 382 g/mol. The van der Waals surface area contributed by atoms with Crippen LogP contribution in [0, 0.1) is 20.2 Å². The fourth-order valence-electron chi connectivity index (χ4n) is 2.58. The summed E-state index contributed by atoms with van der Waals surface area (Å²) in [6.45, 7) is 2.13. The summed E-state index contributed by atoms with van der Waals surface area (Å²) in [5, 5.41) is 26.1. The highest BCUT2D eigenvalue weighted by molar-refractivity contribution is 5.86. The molecule has 0 aliphatic carbocycles. The highest BCUT2D eigenvalue weighted by atomic mass is 16.6. The Kier molecular flexibility index (Phi) is 7.83. The molecule has 0 aliphatic rings. The number of benzene rings is 2. The summed E-state index contributed by atoms with van der Waals surface area (Å²) in [5.41, 5.74) is 4.02. The minimum atomic E-state index is -0.674. The maximum atomic E-state index is 11.2. The first-order valence-electron chi connectivity index (χ1n) is 8.98. The molecule has 8 nitrogen and oxygen atoms in total. The lowest BCUT2D eigenvalue weighted by molar-refractivity contribution is -0.393. The average molecular weight is 382 g/mol. The van der Waals surface area contributed by atoms with Gasteiger partial charge in [0.2, 0.25) is 0 Å². The van der Waals surface area contributed by atoms with Crippen LogP contribution in [0.2, 0.25) is 0 Å². The Hall–Kier alpha value is -3.55. The van der Waals surface area contributed by atoms with Gasteiger partial charge >= 0.3 is 5.69 Å². The number of hydrazone groups is 1. The maximum absolute atomic E-state index is 11.2. The summed E-state index contributed by atoms with van der Waals surface area (Å²) in [6.07, 6.45) is 7.69. The van der Waals surface area contributed by atoms with Crippen LogP contribution in [-0.4, -0.2) is 16.1 Å². The lowest BCUT2D eigenvalue weighted by Crippen LogP contribution is -1.99. The van der Waals surface area contributed by atoms with Gasteiger partial charge < -0.3 is 0 Å². The molecular weight excluding hydrogens is 360 g/mol. The molecule has 0 spiro atoms. The number of nitro benzene ring substituents is 2. The molecule has 2 rings (SSSR count). The largest absolute Gasteiger partial charge is 0.301 e. The highest BCUT2D eigenvalue weighted by Gasteiger charge is 2.19. The van der Waals surface area contributed by atoms with Gasteiger partial charge in [0, 0.05) is 6.07 Å². The first kappa shape index (κ1) is 20.8. The first-order valence-corrected chi connectivity index (χ1v) is 8.98. The lowest BCUT2D eigenvalue weighted by atomic mass is 10.1. The molecule has 8 heteroatoms. The van der Waals surface area contributed by atoms with Crippen molar-refractivity contribution >= 4 is 29.4 Å². The molecule has 2 aromatic carbocycles. The second-order valence-electron chi connectivity index (χ2n) is 6.17. The zero-order chi connectivity index (χ0) is 20.4. The van der Waals surface area contributed by atoms with Crippen LogP contribution in [0.3, 0.4) is 0 Å². The molecule has 0 radical (unpaired) electrons. The molecule has 0 saturated heterocycles. The fourth-order valence-corrected chi connectivity index (χ4v) is 2.58. The van der Waals surface area contributed by atoms with Crippen LogP contribution in [0.1, 0.15) is 38.2 Å². The molecular formula is C20H22N4O4. The molecule has 0 heterocycles. The quantitative estimate of drug-likeness (QED) is 0.250. The minimum absolute atomic E-state index is 0.0967. The van der Waals surface area contributed by atoms with E-state index in [0.717, 1.165) is 42.9 Å². The van der Waals surface area contributed by atoms with Gasteiger partial charge in [0.1, 0.15) is 5.69 Å². The van der Waals surface area contributed by atoms with Crippen molar-refractivity contribution < 1.29 is 9.85 Å². The third-order valence-electron chi connectivity index (χ3n) is 4.02. The Bertz CT molecular complexity index is 879. The third kappa shape index (κ3) is 6.31. The second-order valence-corrected chi connectivity index (χ2v) is 6.17. The van der Waals surface area contributed by atoms with E-state index in [9.17, 15) is 20.2 Å². The molecule has 0 fully saturated rings. The Morgan fingerprint density at radius 2 is 1.82 bits per heavy atom. The second kappa shape index (κ2) is 10.6. The molecule has 0 unspecified atom stereocenters. The number of allylic oxidation sites excluding steroid dienone is 1. The van der Waals surface area contributed by atoms with Crippen molar-refractivity contribution in [1.29, 1.82) is 0 Å². The van der Waals surface area contributed by atoms with Gasteiger partial charge in [-0.3, -0.25) is 25.7 Å². The van der Waals surface area contributed by atoms with E-state index in [4.69, 9.17) is 0 Å². The van der Waals surface area contributed by atoms with Crippen molar-refractivity contribution in [1.82, 2.24) is 0 Å². The normalized spacial score (nSPS) is 11.5. The molecule has 0 atom stereocenters. The van der Waals surface area contributed by atoms with Gasteiger partial charge in [-0.15, -0.1) is 0 Å². The molecule has 28 heavy (non-hydrogen) atoms. The van der Waals surface area contributed by atoms with Crippen LogP contribution in [-0.2, 0) is 0 Å². The topological polar surface area (TPSA) is 111 Å². The SMILES string of the molecule is CCCCCC(C=NNc1ccc([N+](=O)[O-])cc1[N+](=O)[O-])=Cc1ccccc1. The molecule has 0 aromatic heterocycles. The van der Waals surface area contributed by atoms with Gasteiger partial charge in [-0.1, -0.05) is 56.2 Å². The van der Waals surface area contributed by atoms with E-state index < -0.39 is 15.5 Å². The van der Waals surface area contributed by atoms with E-state index in [2.05, 4.69) is 17.5 Å². The summed E-state index contributed by atoms with van der Waals surface area (Å²) >= 11 is 0. The van der Waals surface area contributed by atoms with Crippen molar-refractivity contribution in [2.45, 2.75) is 32.6 Å². The van der Waals surface area contributed by atoms with Crippen LogP contribution in [0.5, 0.6) is 0 Å². The van der Waals surface area contributed by atoms with Crippen molar-refractivity contribution in [3.8, 4) is 0 Å². The predicted octanol–water partition coefficient (Wildman–Crippen LogP) is 5.56. The fraction of sp³-hybridized carbons (Fsp3) is 0.250. The first-order chi connectivity index (χ1) is 13.5. The molecule has 146 valence electrons. The summed E-state index contributed by atoms with van der Waals surface area (Å²) in [6, 6.07) is 13.2. The van der Waals surface area contributed by atoms with E-state index in [-0.39, 0.29) is 11.4 Å². The molecule has 0 amide bonds. The minimum Gasteiger partial charge on any atom is -0.272 e. The van der Waals surface area contributed by atoms with E-state index in [1.54, 1.807) is 6.21 Å². The number of anilines is 1. The maximum Gasteiger partial charge on any atom is 0.301 e. The van der Waals surface area contributed by atoms with E-state index in [0.29, 0.717) is 0 Å². The highest BCUT2D eigenvalue weighted by Crippen LogP contribution is 2.28. The van der Waals surface area contributed by atoms with Gasteiger partial charge in [-0.25, -0.2) is 0 Å². The Balaban J connectivity index is 2.19. The van der Waals surface area contributed by atoms with Crippen LogP contribution in [0.4, 0.5) is 17.1 Å². The summed E-state index contributed by atoms with van der Waals surface area (Å²) < 4.78 is 0. The Morgan fingerprint density at radius 1 is 1.07 bits per heavy atom. The van der Waals surface area contributed by atoms with Crippen molar-refractivity contribution in [2.75, 3.05) is 5.43 Å². The van der Waals surface area contributed by atoms with Gasteiger partial charge in [0.15, 0.2) is 0 Å². The van der Waals surface area contributed by atoms with Crippen LogP contribution in [0.15, 0.2) is 59.2 Å². The summed E-state index contributed by atoms with van der Waals surface area (Å²) in [5.74, 6) is 0. The van der Waals surface area contributed by atoms with Crippen LogP contribution < -0.4 is 5.43 Å². The van der Waals surface area contributed by atoms with Crippen molar-refractivity contribution in [3.05, 3.63) is 79.9 Å². The standard InChI is InChI=1S/C20H22N4O4/c1-2-3-5-10-17(13-16-8-6-4-7-9-16)15-21-22-19-12-11-18(23(25)26)14-20(19)24(27)28/h4,6-9,11-15,22H,2-3,5,10H2,1H3. The molecule has 1 N–H and O–H groups in total. The lowest BCUT2D eigenvalue weighted by Gasteiger charge is -2.04. The van der Waals surface area contributed by atoms with Crippen LogP contribution >= 0.6 is 0 Å². The number of nitrogens with one attached hydrogen (secondary N) is 1. The molecule has 0 aliphatic heterocycles. The van der Waals surface area contributed by atoms with Gasteiger partial charge in [0.25, 0.3) is 5.69 Å². The number of hydrogen-bond acceptors (Lipinski definition) is 6. The average Bonchev–Trinajstić information content (AvgIpc) is 2.68. The van der Waals surface area contributed by atoms with Crippen molar-refractivity contribution in [2.24, 2.45) is 5.10 Å². The smallest absolute Gasteiger partial charge is 0.272 e. The third-order valence-corrected chi connectivity index (χ3v) is 4.02. The number of unbranched alkanes of at least 4 members (excludes halogenated alkanes) is 2. The Morgan fingerprint density at radius 3 is 2.46 bits per heavy atom. The van der Waals surface area contributed by atoms with Gasteiger partial charge in [0.05, 0.1) is 22.1 Å². The summed E-state index contributed by atoms with van der Waals surface area (Å²) in [7, 11) is 0. The van der Waals surface area contributed by atoms with Gasteiger partial charge in [-0.05, 0) is 30.0 Å². The van der Waals surface area contributed by atoms with Crippen LogP contribution in [0.25, 0.3) is 6.08 Å². The summed E-state index contributed by atoms with van der Waals surface area (Å²) in [4.78, 5) is 20.7. The predicted molar refractivity (Wildman–Crippen MR) is 110 cm³/mol. The number of nitrogens with zero attached hydrogens (tertiary/aromatic N) is 3. The number of nitro groups is 2. The number of hydrogen-bond donors (Lipinski definition) is 1. The molecule has 0 saturated carbocycles. The Labute approximate surface area is 162 Å². The van der Waals surface area contributed by atoms with E-state index in [1.165, 1.54) is 12.1 Å². The zero-order valence-corrected chi connectivity index (χ0v) is 15.6. The zero-order valence-electron chi connectivity index (χ0n) is 15.6. The van der Waals surface area contributed by atoms with E-state index in [1.807, 2.05) is 36.4 Å². The number of rotatable bonds is 10. The van der Waals surface area contributed by atoms with Gasteiger partial charge in [-0.2, -0.15) is 5.10 Å². The number of non-ortho nitro benzene ring substituents is 1. The van der Waals surface area contributed by atoms with Crippen molar-refractivity contribution in [3.63, 3.8) is 0 Å². The van der Waals surface area contributed by atoms with E-state index >= 15 is 0 Å². The molecule has 2 aromatic rings.